The molecule has 0 atom stereocenters. The van der Waals surface area contributed by atoms with Crippen LogP contribution in [0.25, 0.3) is 0 Å². The summed E-state index contributed by atoms with van der Waals surface area (Å²) in [4.78, 5) is 32.7. The van der Waals surface area contributed by atoms with E-state index in [1.54, 1.807) is 6.92 Å². The fraction of sp³-hybridized carbons (Fsp3) is 0.615. The van der Waals surface area contributed by atoms with Crippen LogP contribution in [0.3, 0.4) is 0 Å². The molecule has 32 heavy (non-hydrogen) atoms. The second-order valence-corrected chi connectivity index (χ2v) is 9.56. The van der Waals surface area contributed by atoms with Gasteiger partial charge in [-0.15, -0.1) is 0 Å². The van der Waals surface area contributed by atoms with E-state index in [1.165, 1.54) is 12.1 Å². The van der Waals surface area contributed by atoms with Gasteiger partial charge in [-0.05, 0) is 70.4 Å². The van der Waals surface area contributed by atoms with Gasteiger partial charge in [0, 0.05) is 49.3 Å². The highest BCUT2D eigenvalue weighted by molar-refractivity contribution is 6.05. The van der Waals surface area contributed by atoms with Crippen LogP contribution < -0.4 is 0 Å². The Bertz CT molecular complexity index is 833. The highest BCUT2D eigenvalue weighted by Crippen LogP contribution is 2.41. The molecule has 5 nitrogen and oxygen atoms in total. The molecule has 0 spiro atoms. The van der Waals surface area contributed by atoms with Crippen molar-refractivity contribution in [1.82, 2.24) is 14.7 Å². The lowest BCUT2D eigenvalue weighted by Gasteiger charge is -2.43. The number of hydrogen-bond donors (Lipinski definition) is 0. The molecule has 0 radical (unpaired) electrons. The number of piperidine rings is 1. The molecule has 2 saturated heterocycles. The first-order valence-corrected chi connectivity index (χ1v) is 11.9. The maximum absolute atomic E-state index is 13.7. The van der Waals surface area contributed by atoms with Crippen molar-refractivity contribution in [2.24, 2.45) is 5.41 Å². The summed E-state index contributed by atoms with van der Waals surface area (Å²) in [7, 11) is 0. The number of benzene rings is 1. The van der Waals surface area contributed by atoms with E-state index in [9.17, 15) is 14.0 Å². The van der Waals surface area contributed by atoms with Gasteiger partial charge in [0.2, 0.25) is 0 Å². The second kappa shape index (κ2) is 10.7. The Hall–Kier alpha value is -2.05. The van der Waals surface area contributed by atoms with Crippen LogP contribution in [0.4, 0.5) is 4.39 Å². The molecule has 1 aromatic rings. The molecule has 2 aliphatic rings. The first-order valence-electron chi connectivity index (χ1n) is 11.9. The van der Waals surface area contributed by atoms with E-state index < -0.39 is 0 Å². The minimum atomic E-state index is -0.252. The van der Waals surface area contributed by atoms with E-state index in [2.05, 4.69) is 23.6 Å². The Morgan fingerprint density at radius 2 is 1.53 bits per heavy atom. The predicted molar refractivity (Wildman–Crippen MR) is 126 cm³/mol. The average molecular weight is 444 g/mol. The summed E-state index contributed by atoms with van der Waals surface area (Å²) in [5.41, 5.74) is 2.23. The molecule has 0 aliphatic carbocycles. The third-order valence-electron chi connectivity index (χ3n) is 7.42. The number of piperazine rings is 1. The van der Waals surface area contributed by atoms with Crippen molar-refractivity contribution in [3.8, 4) is 0 Å². The van der Waals surface area contributed by atoms with Gasteiger partial charge in [-0.25, -0.2) is 4.39 Å². The first-order chi connectivity index (χ1) is 15.2. The van der Waals surface area contributed by atoms with Crippen LogP contribution in [0.1, 0.15) is 46.1 Å². The smallest absolute Gasteiger partial charge is 0.250 e. The zero-order valence-corrected chi connectivity index (χ0v) is 20.1. The van der Waals surface area contributed by atoms with Gasteiger partial charge in [-0.1, -0.05) is 26.0 Å². The van der Waals surface area contributed by atoms with Crippen molar-refractivity contribution in [1.29, 1.82) is 0 Å². The number of allylic oxidation sites excluding steroid dienone is 1. The largest absolute Gasteiger partial charge is 0.336 e. The van der Waals surface area contributed by atoms with Crippen LogP contribution in [0.15, 0.2) is 35.4 Å². The predicted octanol–water partition coefficient (Wildman–Crippen LogP) is 3.54. The Morgan fingerprint density at radius 3 is 2.06 bits per heavy atom. The van der Waals surface area contributed by atoms with Gasteiger partial charge in [-0.2, -0.15) is 0 Å². The third-order valence-corrected chi connectivity index (χ3v) is 7.42. The SMILES string of the molecule is CCN1CCC(C)(/C(C(=O)N2CCN(CCc3ccc(F)cc3)CC2)=C(/C)C(C)=O)CC1. The van der Waals surface area contributed by atoms with E-state index in [4.69, 9.17) is 0 Å². The summed E-state index contributed by atoms with van der Waals surface area (Å²) in [6, 6.07) is 6.67. The maximum Gasteiger partial charge on any atom is 0.250 e. The van der Waals surface area contributed by atoms with Crippen molar-refractivity contribution < 1.29 is 14.0 Å². The number of ketones is 1. The van der Waals surface area contributed by atoms with Gasteiger partial charge >= 0.3 is 0 Å². The zero-order valence-electron chi connectivity index (χ0n) is 20.1. The number of hydrogen-bond acceptors (Lipinski definition) is 4. The van der Waals surface area contributed by atoms with Crippen molar-refractivity contribution in [3.05, 3.63) is 46.8 Å². The normalized spacial score (nSPS) is 20.7. The lowest BCUT2D eigenvalue weighted by Crippen LogP contribution is -2.51. The number of amides is 1. The van der Waals surface area contributed by atoms with Gasteiger partial charge in [0.05, 0.1) is 0 Å². The standard InChI is InChI=1S/C26H38FN3O2/c1-5-28-14-11-26(4,12-15-28)24(20(2)21(3)31)25(32)30-18-16-29(17-19-30)13-10-22-6-8-23(27)9-7-22/h6-9H,5,10-19H2,1-4H3/b24-20-. The molecule has 2 aliphatic heterocycles. The molecule has 2 heterocycles. The van der Waals surface area contributed by atoms with Crippen molar-refractivity contribution in [3.63, 3.8) is 0 Å². The Labute approximate surface area is 192 Å². The van der Waals surface area contributed by atoms with Crippen LogP contribution in [0.5, 0.6) is 0 Å². The minimum absolute atomic E-state index is 0.00886. The molecule has 2 fully saturated rings. The van der Waals surface area contributed by atoms with Gasteiger partial charge in [0.1, 0.15) is 5.82 Å². The Balaban J connectivity index is 1.63. The topological polar surface area (TPSA) is 43.9 Å². The van der Waals surface area contributed by atoms with E-state index in [0.29, 0.717) is 18.7 Å². The summed E-state index contributed by atoms with van der Waals surface area (Å²) in [5, 5.41) is 0. The molecule has 3 rings (SSSR count). The van der Waals surface area contributed by atoms with Crippen molar-refractivity contribution in [2.45, 2.75) is 47.0 Å². The Kier molecular flexibility index (Phi) is 8.23. The molecule has 0 unspecified atom stereocenters. The number of halogens is 1. The molecule has 1 amide bonds. The minimum Gasteiger partial charge on any atom is -0.336 e. The third kappa shape index (κ3) is 5.84. The fourth-order valence-corrected chi connectivity index (χ4v) is 4.93. The van der Waals surface area contributed by atoms with Gasteiger partial charge in [0.25, 0.3) is 5.91 Å². The van der Waals surface area contributed by atoms with E-state index in [-0.39, 0.29) is 22.9 Å². The van der Waals surface area contributed by atoms with Crippen LogP contribution in [-0.4, -0.2) is 78.7 Å². The molecular formula is C26H38FN3O2. The molecule has 6 heteroatoms. The number of Topliss-reactive ketones (excluding diaryl/α,β-unsaturated/α-hetero) is 1. The molecule has 0 aromatic heterocycles. The second-order valence-electron chi connectivity index (χ2n) is 9.56. The molecular weight excluding hydrogens is 405 g/mol. The summed E-state index contributed by atoms with van der Waals surface area (Å²) in [6.07, 6.45) is 2.68. The monoisotopic (exact) mass is 443 g/mol. The van der Waals surface area contributed by atoms with Crippen molar-refractivity contribution >= 4 is 11.7 Å². The zero-order chi connectivity index (χ0) is 23.3. The number of rotatable bonds is 7. The highest BCUT2D eigenvalue weighted by Gasteiger charge is 2.40. The van der Waals surface area contributed by atoms with Crippen LogP contribution in [0, 0.1) is 11.2 Å². The van der Waals surface area contributed by atoms with Crippen LogP contribution in [-0.2, 0) is 16.0 Å². The van der Waals surface area contributed by atoms with Gasteiger partial charge < -0.3 is 9.80 Å². The lowest BCUT2D eigenvalue weighted by atomic mass is 9.71. The average Bonchev–Trinajstić information content (AvgIpc) is 2.79. The van der Waals surface area contributed by atoms with Crippen LogP contribution in [0.2, 0.25) is 0 Å². The van der Waals surface area contributed by atoms with E-state index in [0.717, 1.165) is 69.7 Å². The van der Waals surface area contributed by atoms with Gasteiger partial charge in [0.15, 0.2) is 5.78 Å². The van der Waals surface area contributed by atoms with Crippen LogP contribution >= 0.6 is 0 Å². The van der Waals surface area contributed by atoms with Crippen molar-refractivity contribution in [2.75, 3.05) is 52.4 Å². The molecule has 0 bridgehead atoms. The Morgan fingerprint density at radius 1 is 0.938 bits per heavy atom. The number of carbonyl (C=O) groups excluding carboxylic acids is 2. The number of carbonyl (C=O) groups is 2. The van der Waals surface area contributed by atoms with Gasteiger partial charge in [-0.3, -0.25) is 14.5 Å². The molecule has 0 N–H and O–H groups in total. The number of likely N-dealkylation sites (tertiary alicyclic amines) is 1. The summed E-state index contributed by atoms with van der Waals surface area (Å²) in [6.45, 7) is 14.6. The summed E-state index contributed by atoms with van der Waals surface area (Å²) < 4.78 is 13.1. The number of nitrogens with zero attached hydrogens (tertiary/aromatic N) is 3. The lowest BCUT2D eigenvalue weighted by molar-refractivity contribution is -0.131. The van der Waals surface area contributed by atoms with E-state index in [1.807, 2.05) is 24.0 Å². The summed E-state index contributed by atoms with van der Waals surface area (Å²) >= 11 is 0. The molecule has 0 saturated carbocycles. The fourth-order valence-electron chi connectivity index (χ4n) is 4.93. The molecule has 1 aromatic carbocycles. The highest BCUT2D eigenvalue weighted by atomic mass is 19.1. The van der Waals surface area contributed by atoms with E-state index >= 15 is 0 Å². The quantitative estimate of drug-likeness (QED) is 0.605. The molecule has 176 valence electrons. The maximum atomic E-state index is 13.7. The summed E-state index contributed by atoms with van der Waals surface area (Å²) in [5.74, 6) is -0.173. The first kappa shape index (κ1) is 24.6.